The van der Waals surface area contributed by atoms with Gasteiger partial charge in [0.25, 0.3) is 0 Å². The minimum Gasteiger partial charge on any atom is -0.438 e. The molecule has 1 fully saturated rings. The predicted octanol–water partition coefficient (Wildman–Crippen LogP) is 6.20. The van der Waals surface area contributed by atoms with Crippen molar-refractivity contribution in [1.29, 1.82) is 0 Å². The van der Waals surface area contributed by atoms with Crippen LogP contribution in [-0.2, 0) is 10.3 Å². The first-order valence-corrected chi connectivity index (χ1v) is 11.1. The summed E-state index contributed by atoms with van der Waals surface area (Å²) in [6, 6.07) is 20.0. The van der Waals surface area contributed by atoms with Crippen LogP contribution in [0.25, 0.3) is 11.1 Å². The maximum absolute atomic E-state index is 14.1. The summed E-state index contributed by atoms with van der Waals surface area (Å²) in [5.74, 6) is -1.24. The Morgan fingerprint density at radius 2 is 1.73 bits per heavy atom. The molecule has 0 spiro atoms. The zero-order valence-corrected chi connectivity index (χ0v) is 18.7. The third kappa shape index (κ3) is 4.76. The average Bonchev–Trinajstić information content (AvgIpc) is 2.79. The number of rotatable bonds is 6. The second kappa shape index (κ2) is 9.32. The molecule has 6 heteroatoms. The zero-order chi connectivity index (χ0) is 23.6. The number of hydrogen-bond donors (Lipinski definition) is 1. The summed E-state index contributed by atoms with van der Waals surface area (Å²) in [5.41, 5.74) is 1.83. The van der Waals surface area contributed by atoms with Gasteiger partial charge in [0.2, 0.25) is 0 Å². The SMILES string of the molecule is C[C@@H](O)C[C@]1(c2ccccc2)CCN([C@@H](C)c2ccc(-c3ccc(F)cc3F)cc2)C(=O)O1. The quantitative estimate of drug-likeness (QED) is 0.485. The van der Waals surface area contributed by atoms with Crippen molar-refractivity contribution in [2.75, 3.05) is 6.54 Å². The smallest absolute Gasteiger partial charge is 0.411 e. The van der Waals surface area contributed by atoms with E-state index < -0.39 is 29.4 Å². The Balaban J connectivity index is 1.53. The fourth-order valence-electron chi connectivity index (χ4n) is 4.55. The maximum Gasteiger partial charge on any atom is 0.411 e. The van der Waals surface area contributed by atoms with E-state index in [9.17, 15) is 18.7 Å². The van der Waals surface area contributed by atoms with E-state index in [4.69, 9.17) is 4.74 Å². The van der Waals surface area contributed by atoms with Crippen LogP contribution in [0.5, 0.6) is 0 Å². The highest BCUT2D eigenvalue weighted by Crippen LogP contribution is 2.40. The summed E-state index contributed by atoms with van der Waals surface area (Å²) < 4.78 is 33.3. The Kier molecular flexibility index (Phi) is 6.47. The summed E-state index contributed by atoms with van der Waals surface area (Å²) in [6.07, 6.45) is -0.187. The first-order chi connectivity index (χ1) is 15.8. The first kappa shape index (κ1) is 22.9. The molecule has 3 aromatic rings. The van der Waals surface area contributed by atoms with Gasteiger partial charge in [-0.05, 0) is 42.7 Å². The maximum atomic E-state index is 14.1. The fourth-order valence-corrected chi connectivity index (χ4v) is 4.55. The van der Waals surface area contributed by atoms with Crippen molar-refractivity contribution in [3.63, 3.8) is 0 Å². The lowest BCUT2D eigenvalue weighted by Gasteiger charge is -2.44. The van der Waals surface area contributed by atoms with E-state index >= 15 is 0 Å². The average molecular weight is 452 g/mol. The number of amides is 1. The van der Waals surface area contributed by atoms with Crippen molar-refractivity contribution in [2.45, 2.75) is 44.4 Å². The molecule has 33 heavy (non-hydrogen) atoms. The summed E-state index contributed by atoms with van der Waals surface area (Å²) in [6.45, 7) is 4.08. The highest BCUT2D eigenvalue weighted by molar-refractivity contribution is 5.70. The highest BCUT2D eigenvalue weighted by Gasteiger charge is 2.44. The lowest BCUT2D eigenvalue weighted by atomic mass is 9.84. The molecule has 0 saturated carbocycles. The van der Waals surface area contributed by atoms with Crippen molar-refractivity contribution >= 4 is 6.09 Å². The lowest BCUT2D eigenvalue weighted by molar-refractivity contribution is -0.0815. The van der Waals surface area contributed by atoms with E-state index in [2.05, 4.69) is 0 Å². The number of carbonyl (C=O) groups is 1. The van der Waals surface area contributed by atoms with Crippen molar-refractivity contribution in [3.05, 3.63) is 95.6 Å². The highest BCUT2D eigenvalue weighted by atomic mass is 19.1. The van der Waals surface area contributed by atoms with Gasteiger partial charge in [0, 0.05) is 31.0 Å². The number of halogens is 2. The summed E-state index contributed by atoms with van der Waals surface area (Å²) >= 11 is 0. The van der Waals surface area contributed by atoms with Gasteiger partial charge in [0.05, 0.1) is 12.1 Å². The zero-order valence-electron chi connectivity index (χ0n) is 18.7. The Hall–Kier alpha value is -3.25. The van der Waals surface area contributed by atoms with Gasteiger partial charge in [-0.2, -0.15) is 0 Å². The molecule has 3 atom stereocenters. The Bertz CT molecular complexity index is 1120. The third-order valence-corrected chi connectivity index (χ3v) is 6.30. The Labute approximate surface area is 192 Å². The number of benzene rings is 3. The molecular weight excluding hydrogens is 424 g/mol. The van der Waals surface area contributed by atoms with Crippen molar-refractivity contribution < 1.29 is 23.4 Å². The van der Waals surface area contributed by atoms with Crippen LogP contribution in [-0.4, -0.2) is 28.7 Å². The second-order valence-corrected chi connectivity index (χ2v) is 8.65. The summed E-state index contributed by atoms with van der Waals surface area (Å²) in [5, 5.41) is 10.1. The molecule has 0 aromatic heterocycles. The molecule has 1 saturated heterocycles. The number of aliphatic hydroxyl groups excluding tert-OH is 1. The number of carbonyl (C=O) groups excluding carboxylic acids is 1. The molecule has 0 bridgehead atoms. The van der Waals surface area contributed by atoms with Crippen LogP contribution in [0.2, 0.25) is 0 Å². The first-order valence-electron chi connectivity index (χ1n) is 11.1. The number of hydrogen-bond acceptors (Lipinski definition) is 3. The van der Waals surface area contributed by atoms with Crippen LogP contribution in [0.4, 0.5) is 13.6 Å². The van der Waals surface area contributed by atoms with Gasteiger partial charge in [-0.3, -0.25) is 0 Å². The Morgan fingerprint density at radius 3 is 2.33 bits per heavy atom. The van der Waals surface area contributed by atoms with Crippen molar-refractivity contribution in [3.8, 4) is 11.1 Å². The van der Waals surface area contributed by atoms with Crippen LogP contribution in [0.3, 0.4) is 0 Å². The number of ether oxygens (including phenoxy) is 1. The molecule has 4 rings (SSSR count). The van der Waals surface area contributed by atoms with E-state index in [1.54, 1.807) is 24.0 Å². The second-order valence-electron chi connectivity index (χ2n) is 8.65. The van der Waals surface area contributed by atoms with Crippen LogP contribution < -0.4 is 0 Å². The number of cyclic esters (lactones) is 1. The van der Waals surface area contributed by atoms with E-state index in [0.29, 0.717) is 30.5 Å². The molecule has 172 valence electrons. The minimum absolute atomic E-state index is 0.259. The molecule has 0 aliphatic carbocycles. The molecule has 1 N–H and O–H groups in total. The molecule has 3 aromatic carbocycles. The molecule has 0 unspecified atom stereocenters. The van der Waals surface area contributed by atoms with Crippen LogP contribution >= 0.6 is 0 Å². The summed E-state index contributed by atoms with van der Waals surface area (Å²) in [4.78, 5) is 14.7. The molecule has 0 radical (unpaired) electrons. The van der Waals surface area contributed by atoms with E-state index in [0.717, 1.165) is 17.2 Å². The van der Waals surface area contributed by atoms with Crippen LogP contribution in [0, 0.1) is 11.6 Å². The topological polar surface area (TPSA) is 49.8 Å². The lowest BCUT2D eigenvalue weighted by Crippen LogP contribution is -2.49. The molecule has 4 nitrogen and oxygen atoms in total. The van der Waals surface area contributed by atoms with Gasteiger partial charge in [0.1, 0.15) is 17.2 Å². The monoisotopic (exact) mass is 451 g/mol. The van der Waals surface area contributed by atoms with Crippen LogP contribution in [0.1, 0.15) is 43.9 Å². The molecule has 1 amide bonds. The van der Waals surface area contributed by atoms with Gasteiger partial charge < -0.3 is 14.7 Å². The van der Waals surface area contributed by atoms with Gasteiger partial charge in [0.15, 0.2) is 0 Å². The van der Waals surface area contributed by atoms with E-state index in [-0.39, 0.29) is 6.04 Å². The predicted molar refractivity (Wildman–Crippen MR) is 122 cm³/mol. The van der Waals surface area contributed by atoms with Gasteiger partial charge in [-0.1, -0.05) is 54.6 Å². The van der Waals surface area contributed by atoms with E-state index in [1.165, 1.54) is 12.1 Å². The molecule has 1 aliphatic rings. The fraction of sp³-hybridized carbons (Fsp3) is 0.296. The molecule has 1 aliphatic heterocycles. The largest absolute Gasteiger partial charge is 0.438 e. The van der Waals surface area contributed by atoms with Gasteiger partial charge in [-0.25, -0.2) is 13.6 Å². The van der Waals surface area contributed by atoms with E-state index in [1.807, 2.05) is 49.4 Å². The van der Waals surface area contributed by atoms with Crippen molar-refractivity contribution in [2.24, 2.45) is 0 Å². The van der Waals surface area contributed by atoms with Crippen LogP contribution in [0.15, 0.2) is 72.8 Å². The summed E-state index contributed by atoms with van der Waals surface area (Å²) in [7, 11) is 0. The Morgan fingerprint density at radius 1 is 1.03 bits per heavy atom. The van der Waals surface area contributed by atoms with Crippen molar-refractivity contribution in [1.82, 2.24) is 4.90 Å². The number of aliphatic hydroxyl groups is 1. The molecule has 1 heterocycles. The standard InChI is InChI=1S/C27H27F2NO3/c1-18(31)17-27(22-6-4-3-5-7-22)14-15-30(26(32)33-27)19(2)20-8-10-21(11-9-20)24-13-12-23(28)16-25(24)29/h3-13,16,18-19,31H,14-15,17H2,1-2H3/t18-,19+,27+/m1/s1. The van der Waals surface area contributed by atoms with Gasteiger partial charge >= 0.3 is 6.09 Å². The minimum atomic E-state index is -0.868. The number of nitrogens with zero attached hydrogens (tertiary/aromatic N) is 1. The third-order valence-electron chi connectivity index (χ3n) is 6.30. The normalized spacial score (nSPS) is 20.3. The molecular formula is C27H27F2NO3. The van der Waals surface area contributed by atoms with Gasteiger partial charge in [-0.15, -0.1) is 0 Å².